The van der Waals surface area contributed by atoms with Gasteiger partial charge in [-0.2, -0.15) is 5.10 Å². The Hall–Kier alpha value is -2.21. The van der Waals surface area contributed by atoms with E-state index in [4.69, 9.17) is 0 Å². The third-order valence-corrected chi connectivity index (χ3v) is 2.97. The fourth-order valence-corrected chi connectivity index (χ4v) is 1.96. The van der Waals surface area contributed by atoms with E-state index >= 15 is 0 Å². The van der Waals surface area contributed by atoms with Crippen LogP contribution in [0.15, 0.2) is 36.7 Å². The van der Waals surface area contributed by atoms with E-state index < -0.39 is 0 Å². The SMILES string of the molecule is CC(NCc1cnn(C)c1)c1ccccc1[N+](=O)[O-]. The van der Waals surface area contributed by atoms with Gasteiger partial charge in [0.2, 0.25) is 0 Å². The van der Waals surface area contributed by atoms with Crippen LogP contribution in [0.1, 0.15) is 24.1 Å². The maximum Gasteiger partial charge on any atom is 0.274 e. The molecule has 0 aliphatic rings. The van der Waals surface area contributed by atoms with Gasteiger partial charge in [0, 0.05) is 43.0 Å². The second kappa shape index (κ2) is 5.62. The summed E-state index contributed by atoms with van der Waals surface area (Å²) in [6.07, 6.45) is 3.69. The van der Waals surface area contributed by atoms with Crippen LogP contribution in [0.25, 0.3) is 0 Å². The monoisotopic (exact) mass is 260 g/mol. The zero-order valence-electron chi connectivity index (χ0n) is 10.9. The Kier molecular flexibility index (Phi) is 3.91. The fourth-order valence-electron chi connectivity index (χ4n) is 1.96. The van der Waals surface area contributed by atoms with Crippen LogP contribution < -0.4 is 5.32 Å². The molecule has 0 spiro atoms. The number of nitro groups is 1. The van der Waals surface area contributed by atoms with E-state index in [0.29, 0.717) is 12.1 Å². The quantitative estimate of drug-likeness (QED) is 0.660. The van der Waals surface area contributed by atoms with Gasteiger partial charge in [-0.05, 0) is 6.92 Å². The smallest absolute Gasteiger partial charge is 0.274 e. The lowest BCUT2D eigenvalue weighted by Gasteiger charge is -2.13. The van der Waals surface area contributed by atoms with E-state index in [1.165, 1.54) is 6.07 Å². The second-order valence-corrected chi connectivity index (χ2v) is 4.44. The Morgan fingerprint density at radius 3 is 2.84 bits per heavy atom. The van der Waals surface area contributed by atoms with Gasteiger partial charge in [0.1, 0.15) is 0 Å². The van der Waals surface area contributed by atoms with Gasteiger partial charge in [0.05, 0.1) is 11.1 Å². The Labute approximate surface area is 111 Å². The molecule has 1 atom stereocenters. The highest BCUT2D eigenvalue weighted by atomic mass is 16.6. The zero-order chi connectivity index (χ0) is 13.8. The summed E-state index contributed by atoms with van der Waals surface area (Å²) in [5.74, 6) is 0. The van der Waals surface area contributed by atoms with Crippen LogP contribution in [0.4, 0.5) is 5.69 Å². The summed E-state index contributed by atoms with van der Waals surface area (Å²) in [5.41, 5.74) is 1.89. The summed E-state index contributed by atoms with van der Waals surface area (Å²) >= 11 is 0. The summed E-state index contributed by atoms with van der Waals surface area (Å²) < 4.78 is 1.73. The maximum atomic E-state index is 11.0. The predicted molar refractivity (Wildman–Crippen MR) is 71.6 cm³/mol. The van der Waals surface area contributed by atoms with Crippen molar-refractivity contribution >= 4 is 5.69 Å². The molecule has 1 aromatic carbocycles. The molecule has 6 heteroatoms. The normalized spacial score (nSPS) is 12.3. The summed E-state index contributed by atoms with van der Waals surface area (Å²) in [7, 11) is 1.86. The van der Waals surface area contributed by atoms with Gasteiger partial charge in [-0.15, -0.1) is 0 Å². The van der Waals surface area contributed by atoms with Crippen LogP contribution in [0.5, 0.6) is 0 Å². The van der Waals surface area contributed by atoms with E-state index in [-0.39, 0.29) is 16.7 Å². The van der Waals surface area contributed by atoms with E-state index in [0.717, 1.165) is 5.56 Å². The maximum absolute atomic E-state index is 11.0. The first-order chi connectivity index (χ1) is 9.08. The van der Waals surface area contributed by atoms with Crippen LogP contribution in [-0.2, 0) is 13.6 Å². The first-order valence-corrected chi connectivity index (χ1v) is 6.02. The number of nitrogens with zero attached hydrogens (tertiary/aromatic N) is 3. The van der Waals surface area contributed by atoms with Crippen LogP contribution in [-0.4, -0.2) is 14.7 Å². The number of nitro benzene ring substituents is 1. The van der Waals surface area contributed by atoms with Crippen molar-refractivity contribution in [3.63, 3.8) is 0 Å². The number of hydrogen-bond donors (Lipinski definition) is 1. The van der Waals surface area contributed by atoms with Crippen LogP contribution in [0.3, 0.4) is 0 Å². The second-order valence-electron chi connectivity index (χ2n) is 4.44. The summed E-state index contributed by atoms with van der Waals surface area (Å²) in [4.78, 5) is 10.6. The van der Waals surface area contributed by atoms with E-state index in [1.807, 2.05) is 26.2 Å². The fraction of sp³-hybridized carbons (Fsp3) is 0.308. The number of benzene rings is 1. The minimum Gasteiger partial charge on any atom is -0.306 e. The molecule has 2 aromatic rings. The third kappa shape index (κ3) is 3.17. The molecule has 2 rings (SSSR count). The van der Waals surface area contributed by atoms with Gasteiger partial charge in [-0.1, -0.05) is 18.2 Å². The number of para-hydroxylation sites is 1. The average molecular weight is 260 g/mol. The highest BCUT2D eigenvalue weighted by molar-refractivity contribution is 5.41. The summed E-state index contributed by atoms with van der Waals surface area (Å²) in [6, 6.07) is 6.69. The molecule has 0 saturated carbocycles. The van der Waals surface area contributed by atoms with E-state index in [9.17, 15) is 10.1 Å². The predicted octanol–water partition coefficient (Wildman–Crippen LogP) is 2.18. The molecular formula is C13H16N4O2. The van der Waals surface area contributed by atoms with E-state index in [2.05, 4.69) is 10.4 Å². The first kappa shape index (κ1) is 13.2. The average Bonchev–Trinajstić information content (AvgIpc) is 2.81. The van der Waals surface area contributed by atoms with E-state index in [1.54, 1.807) is 23.0 Å². The minimum atomic E-state index is -0.350. The third-order valence-electron chi connectivity index (χ3n) is 2.97. The standard InChI is InChI=1S/C13H16N4O2/c1-10(14-7-11-8-15-16(2)9-11)12-5-3-4-6-13(12)17(18)19/h3-6,8-10,14H,7H2,1-2H3. The molecule has 0 amide bonds. The lowest BCUT2D eigenvalue weighted by Crippen LogP contribution is -2.18. The number of aryl methyl sites for hydroxylation is 1. The molecule has 0 radical (unpaired) electrons. The number of rotatable bonds is 5. The molecule has 0 aliphatic heterocycles. The molecule has 0 aliphatic carbocycles. The molecule has 0 bridgehead atoms. The van der Waals surface area contributed by atoms with Crippen LogP contribution >= 0.6 is 0 Å². The molecule has 1 heterocycles. The van der Waals surface area contributed by atoms with Gasteiger partial charge < -0.3 is 5.32 Å². The molecule has 6 nitrogen and oxygen atoms in total. The van der Waals surface area contributed by atoms with Crippen molar-refractivity contribution in [1.82, 2.24) is 15.1 Å². The summed E-state index contributed by atoms with van der Waals surface area (Å²) in [6.45, 7) is 2.54. The highest BCUT2D eigenvalue weighted by Gasteiger charge is 2.17. The topological polar surface area (TPSA) is 73.0 Å². The Bertz CT molecular complexity index is 580. The van der Waals surface area contributed by atoms with Crippen molar-refractivity contribution in [2.45, 2.75) is 19.5 Å². The molecule has 1 aromatic heterocycles. The molecule has 0 fully saturated rings. The first-order valence-electron chi connectivity index (χ1n) is 6.02. The van der Waals surface area contributed by atoms with Gasteiger partial charge in [-0.25, -0.2) is 0 Å². The highest BCUT2D eigenvalue weighted by Crippen LogP contribution is 2.24. The van der Waals surface area contributed by atoms with Crippen molar-refractivity contribution in [3.05, 3.63) is 57.9 Å². The molecule has 100 valence electrons. The van der Waals surface area contributed by atoms with Crippen molar-refractivity contribution in [2.24, 2.45) is 7.05 Å². The number of hydrogen-bond acceptors (Lipinski definition) is 4. The zero-order valence-corrected chi connectivity index (χ0v) is 10.9. The Morgan fingerprint density at radius 2 is 2.21 bits per heavy atom. The molecular weight excluding hydrogens is 244 g/mol. The van der Waals surface area contributed by atoms with Crippen molar-refractivity contribution in [3.8, 4) is 0 Å². The van der Waals surface area contributed by atoms with Gasteiger partial charge in [0.15, 0.2) is 0 Å². The molecule has 1 N–H and O–H groups in total. The van der Waals surface area contributed by atoms with Crippen molar-refractivity contribution in [2.75, 3.05) is 0 Å². The molecule has 19 heavy (non-hydrogen) atoms. The number of nitrogens with one attached hydrogen (secondary N) is 1. The van der Waals surface area contributed by atoms with Crippen LogP contribution in [0, 0.1) is 10.1 Å². The van der Waals surface area contributed by atoms with Gasteiger partial charge in [-0.3, -0.25) is 14.8 Å². The lowest BCUT2D eigenvalue weighted by atomic mass is 10.1. The van der Waals surface area contributed by atoms with Crippen molar-refractivity contribution in [1.29, 1.82) is 0 Å². The van der Waals surface area contributed by atoms with Crippen LogP contribution in [0.2, 0.25) is 0 Å². The summed E-state index contributed by atoms with van der Waals surface area (Å²) in [5, 5.41) is 18.3. The van der Waals surface area contributed by atoms with Gasteiger partial charge >= 0.3 is 0 Å². The van der Waals surface area contributed by atoms with Gasteiger partial charge in [0.25, 0.3) is 5.69 Å². The largest absolute Gasteiger partial charge is 0.306 e. The molecule has 0 saturated heterocycles. The Balaban J connectivity index is 2.07. The Morgan fingerprint density at radius 1 is 1.47 bits per heavy atom. The molecule has 1 unspecified atom stereocenters. The van der Waals surface area contributed by atoms with Crippen molar-refractivity contribution < 1.29 is 4.92 Å². The minimum absolute atomic E-state index is 0.0955. The number of aromatic nitrogens is 2. The lowest BCUT2D eigenvalue weighted by molar-refractivity contribution is -0.385.